The average molecular weight is 357 g/mol. The molecule has 3 aromatic rings. The summed E-state index contributed by atoms with van der Waals surface area (Å²) in [6, 6.07) is 17.0. The Morgan fingerprint density at radius 1 is 1.00 bits per heavy atom. The first kappa shape index (κ1) is 17.0. The van der Waals surface area contributed by atoms with Gasteiger partial charge in [-0.15, -0.1) is 0 Å². The Hall–Kier alpha value is -3.47. The SMILES string of the molecule is Cc1ccc(NC(=O)c2cncc(C(=O)N3CCc4ccccc43)c2)cc1. The number of carbonyl (C=O) groups is 2. The molecule has 2 heterocycles. The number of anilines is 2. The van der Waals surface area contributed by atoms with Gasteiger partial charge in [0.25, 0.3) is 11.8 Å². The van der Waals surface area contributed by atoms with Gasteiger partial charge in [0, 0.05) is 30.3 Å². The van der Waals surface area contributed by atoms with E-state index in [1.165, 1.54) is 12.4 Å². The number of amides is 2. The van der Waals surface area contributed by atoms with Crippen molar-refractivity contribution in [3.05, 3.63) is 89.2 Å². The lowest BCUT2D eigenvalue weighted by molar-refractivity contribution is 0.0989. The molecule has 0 radical (unpaired) electrons. The molecule has 0 saturated carbocycles. The highest BCUT2D eigenvalue weighted by Crippen LogP contribution is 2.28. The number of rotatable bonds is 3. The number of nitrogens with zero attached hydrogens (tertiary/aromatic N) is 2. The standard InChI is InChI=1S/C22H19N3O2/c1-15-6-8-19(9-7-15)24-21(26)17-12-18(14-23-13-17)22(27)25-11-10-16-4-2-3-5-20(16)25/h2-9,12-14H,10-11H2,1H3,(H,24,26). The van der Waals surface area contributed by atoms with Gasteiger partial charge in [-0.05, 0) is 43.2 Å². The third-order valence-electron chi connectivity index (χ3n) is 4.69. The van der Waals surface area contributed by atoms with Crippen molar-refractivity contribution >= 4 is 23.2 Å². The summed E-state index contributed by atoms with van der Waals surface area (Å²) in [5.74, 6) is -0.430. The van der Waals surface area contributed by atoms with Crippen LogP contribution in [0.25, 0.3) is 0 Å². The number of benzene rings is 2. The third-order valence-corrected chi connectivity index (χ3v) is 4.69. The van der Waals surface area contributed by atoms with Crippen molar-refractivity contribution in [1.82, 2.24) is 4.98 Å². The highest BCUT2D eigenvalue weighted by molar-refractivity contribution is 6.10. The van der Waals surface area contributed by atoms with E-state index in [1.54, 1.807) is 11.0 Å². The molecule has 0 unspecified atom stereocenters. The summed E-state index contributed by atoms with van der Waals surface area (Å²) in [5, 5.41) is 2.83. The minimum Gasteiger partial charge on any atom is -0.322 e. The lowest BCUT2D eigenvalue weighted by Gasteiger charge is -2.17. The van der Waals surface area contributed by atoms with Gasteiger partial charge in [-0.1, -0.05) is 35.9 Å². The van der Waals surface area contributed by atoms with Crippen LogP contribution in [0.3, 0.4) is 0 Å². The highest BCUT2D eigenvalue weighted by Gasteiger charge is 2.25. The van der Waals surface area contributed by atoms with Gasteiger partial charge in [0.2, 0.25) is 0 Å². The summed E-state index contributed by atoms with van der Waals surface area (Å²) in [7, 11) is 0. The van der Waals surface area contributed by atoms with Gasteiger partial charge in [0.15, 0.2) is 0 Å². The van der Waals surface area contributed by atoms with E-state index in [2.05, 4.69) is 10.3 Å². The van der Waals surface area contributed by atoms with Crippen LogP contribution in [0, 0.1) is 6.92 Å². The summed E-state index contributed by atoms with van der Waals surface area (Å²) in [5.41, 5.74) is 4.67. The molecule has 2 amide bonds. The minimum atomic E-state index is -0.289. The lowest BCUT2D eigenvalue weighted by atomic mass is 10.1. The zero-order chi connectivity index (χ0) is 18.8. The number of carbonyl (C=O) groups excluding carboxylic acids is 2. The molecule has 0 spiro atoms. The highest BCUT2D eigenvalue weighted by atomic mass is 16.2. The quantitative estimate of drug-likeness (QED) is 0.774. The van der Waals surface area contributed by atoms with E-state index < -0.39 is 0 Å². The molecule has 1 aliphatic rings. The minimum absolute atomic E-state index is 0.141. The van der Waals surface area contributed by atoms with E-state index in [-0.39, 0.29) is 11.8 Å². The number of aromatic nitrogens is 1. The van der Waals surface area contributed by atoms with E-state index in [0.717, 1.165) is 23.2 Å². The molecule has 0 atom stereocenters. The fourth-order valence-corrected chi connectivity index (χ4v) is 3.23. The van der Waals surface area contributed by atoms with Gasteiger partial charge in [-0.25, -0.2) is 0 Å². The molecule has 5 nitrogen and oxygen atoms in total. The van der Waals surface area contributed by atoms with Crippen molar-refractivity contribution in [1.29, 1.82) is 0 Å². The molecule has 0 fully saturated rings. The summed E-state index contributed by atoms with van der Waals surface area (Å²) < 4.78 is 0. The summed E-state index contributed by atoms with van der Waals surface area (Å²) >= 11 is 0. The maximum atomic E-state index is 12.9. The largest absolute Gasteiger partial charge is 0.322 e. The molecule has 2 aromatic carbocycles. The molecule has 1 N–H and O–H groups in total. The number of para-hydroxylation sites is 1. The van der Waals surface area contributed by atoms with Gasteiger partial charge >= 0.3 is 0 Å². The van der Waals surface area contributed by atoms with Crippen molar-refractivity contribution in [3.8, 4) is 0 Å². The fraction of sp³-hybridized carbons (Fsp3) is 0.136. The first-order chi connectivity index (χ1) is 13.1. The van der Waals surface area contributed by atoms with Crippen molar-refractivity contribution in [2.75, 3.05) is 16.8 Å². The number of hydrogen-bond acceptors (Lipinski definition) is 3. The van der Waals surface area contributed by atoms with Crippen LogP contribution in [0.2, 0.25) is 0 Å². The molecule has 0 bridgehead atoms. The Balaban J connectivity index is 1.55. The molecule has 0 aliphatic carbocycles. The van der Waals surface area contributed by atoms with Crippen LogP contribution >= 0.6 is 0 Å². The third kappa shape index (κ3) is 3.44. The van der Waals surface area contributed by atoms with Gasteiger partial charge < -0.3 is 10.2 Å². The Morgan fingerprint density at radius 3 is 2.56 bits per heavy atom. The zero-order valence-electron chi connectivity index (χ0n) is 15.0. The second-order valence-electron chi connectivity index (χ2n) is 6.62. The monoisotopic (exact) mass is 357 g/mol. The van der Waals surface area contributed by atoms with Crippen LogP contribution < -0.4 is 10.2 Å². The normalized spacial score (nSPS) is 12.6. The Morgan fingerprint density at radius 2 is 1.74 bits per heavy atom. The smallest absolute Gasteiger partial charge is 0.259 e. The summed E-state index contributed by atoms with van der Waals surface area (Å²) in [6.07, 6.45) is 3.81. The second-order valence-corrected chi connectivity index (χ2v) is 6.62. The van der Waals surface area contributed by atoms with Gasteiger partial charge in [0.1, 0.15) is 0 Å². The number of pyridine rings is 1. The maximum Gasteiger partial charge on any atom is 0.259 e. The predicted molar refractivity (Wildman–Crippen MR) is 105 cm³/mol. The second kappa shape index (κ2) is 7.03. The van der Waals surface area contributed by atoms with Gasteiger partial charge in [-0.2, -0.15) is 0 Å². The molecule has 134 valence electrons. The van der Waals surface area contributed by atoms with Crippen LogP contribution in [0.5, 0.6) is 0 Å². The molecule has 5 heteroatoms. The number of aryl methyl sites for hydroxylation is 1. The number of fused-ring (bicyclic) bond motifs is 1. The van der Waals surface area contributed by atoms with E-state index >= 15 is 0 Å². The van der Waals surface area contributed by atoms with Crippen molar-refractivity contribution in [2.24, 2.45) is 0 Å². The molecule has 1 aromatic heterocycles. The Kier molecular flexibility index (Phi) is 4.42. The lowest BCUT2D eigenvalue weighted by Crippen LogP contribution is -2.29. The van der Waals surface area contributed by atoms with E-state index in [1.807, 2.05) is 55.5 Å². The topological polar surface area (TPSA) is 62.3 Å². The van der Waals surface area contributed by atoms with Gasteiger partial charge in [-0.3, -0.25) is 14.6 Å². The molecule has 4 rings (SSSR count). The van der Waals surface area contributed by atoms with E-state index in [9.17, 15) is 9.59 Å². The number of nitrogens with one attached hydrogen (secondary N) is 1. The van der Waals surface area contributed by atoms with Gasteiger partial charge in [0.05, 0.1) is 11.1 Å². The predicted octanol–water partition coefficient (Wildman–Crippen LogP) is 3.85. The molecule has 0 saturated heterocycles. The molecular weight excluding hydrogens is 338 g/mol. The Labute approximate surface area is 157 Å². The first-order valence-corrected chi connectivity index (χ1v) is 8.85. The zero-order valence-corrected chi connectivity index (χ0v) is 15.0. The van der Waals surface area contributed by atoms with Crippen LogP contribution in [-0.4, -0.2) is 23.3 Å². The van der Waals surface area contributed by atoms with Crippen molar-refractivity contribution in [2.45, 2.75) is 13.3 Å². The molecule has 1 aliphatic heterocycles. The van der Waals surface area contributed by atoms with E-state index in [4.69, 9.17) is 0 Å². The van der Waals surface area contributed by atoms with Crippen molar-refractivity contribution < 1.29 is 9.59 Å². The fourth-order valence-electron chi connectivity index (χ4n) is 3.23. The summed E-state index contributed by atoms with van der Waals surface area (Å²) in [6.45, 7) is 2.62. The Bertz CT molecular complexity index is 1010. The first-order valence-electron chi connectivity index (χ1n) is 8.85. The average Bonchev–Trinajstić information content (AvgIpc) is 3.13. The van der Waals surface area contributed by atoms with Crippen LogP contribution in [0.15, 0.2) is 67.0 Å². The number of hydrogen-bond donors (Lipinski definition) is 1. The molecule has 27 heavy (non-hydrogen) atoms. The van der Waals surface area contributed by atoms with E-state index in [0.29, 0.717) is 23.4 Å². The van der Waals surface area contributed by atoms with Crippen LogP contribution in [-0.2, 0) is 6.42 Å². The molecular formula is C22H19N3O2. The van der Waals surface area contributed by atoms with Crippen LogP contribution in [0.1, 0.15) is 31.8 Å². The van der Waals surface area contributed by atoms with Crippen molar-refractivity contribution in [3.63, 3.8) is 0 Å². The summed E-state index contributed by atoms with van der Waals surface area (Å²) in [4.78, 5) is 31.3. The maximum absolute atomic E-state index is 12.9. The van der Waals surface area contributed by atoms with Crippen LogP contribution in [0.4, 0.5) is 11.4 Å².